The van der Waals surface area contributed by atoms with Gasteiger partial charge in [-0.1, -0.05) is 37.3 Å². The van der Waals surface area contributed by atoms with Crippen LogP contribution in [0.4, 0.5) is 0 Å². The topological polar surface area (TPSA) is 61.9 Å². The highest BCUT2D eigenvalue weighted by Gasteiger charge is 2.19. The summed E-state index contributed by atoms with van der Waals surface area (Å²) in [5.74, 6) is 0.761. The number of carbonyl (C=O) groups is 1. The summed E-state index contributed by atoms with van der Waals surface area (Å²) in [7, 11) is 0. The van der Waals surface area contributed by atoms with Gasteiger partial charge in [0.05, 0.1) is 0 Å². The molecule has 0 saturated carbocycles. The van der Waals surface area contributed by atoms with Crippen molar-refractivity contribution < 1.29 is 4.79 Å². The lowest BCUT2D eigenvalue weighted by molar-refractivity contribution is 0.0731. The lowest BCUT2D eigenvalue weighted by Gasteiger charge is -2.20. The summed E-state index contributed by atoms with van der Waals surface area (Å²) < 4.78 is 0. The van der Waals surface area contributed by atoms with Crippen molar-refractivity contribution in [1.29, 1.82) is 0 Å². The third-order valence-electron chi connectivity index (χ3n) is 2.79. The molecule has 1 aromatic heterocycles. The fourth-order valence-corrected chi connectivity index (χ4v) is 1.91. The van der Waals surface area contributed by atoms with Crippen molar-refractivity contribution in [2.24, 2.45) is 0 Å². The van der Waals surface area contributed by atoms with Crippen LogP contribution < -0.4 is 0 Å². The van der Waals surface area contributed by atoms with Gasteiger partial charge in [-0.15, -0.1) is 5.10 Å². The van der Waals surface area contributed by atoms with Crippen LogP contribution in [0.2, 0.25) is 0 Å². The number of hydrogen-bond acceptors (Lipinski definition) is 3. The number of amides is 1. The first kappa shape index (κ1) is 13.3. The minimum atomic E-state index is -0.130. The molecular formula is C14H18N4O. The molecular weight excluding hydrogens is 240 g/mol. The van der Waals surface area contributed by atoms with Gasteiger partial charge in [0, 0.05) is 13.1 Å². The van der Waals surface area contributed by atoms with Crippen molar-refractivity contribution in [2.75, 3.05) is 6.54 Å². The van der Waals surface area contributed by atoms with Crippen molar-refractivity contribution in [3.63, 3.8) is 0 Å². The number of aromatic nitrogens is 3. The summed E-state index contributed by atoms with van der Waals surface area (Å²) in [6, 6.07) is 9.94. The highest BCUT2D eigenvalue weighted by Crippen LogP contribution is 2.08. The van der Waals surface area contributed by atoms with Crippen LogP contribution in [-0.4, -0.2) is 32.5 Å². The Bertz CT molecular complexity index is 535. The molecule has 0 bridgehead atoms. The highest BCUT2D eigenvalue weighted by atomic mass is 16.2. The SMILES string of the molecule is CCCN(Cc1ccccc1)C(=O)c1n[nH]c(C)n1. The summed E-state index contributed by atoms with van der Waals surface area (Å²) in [6.45, 7) is 5.11. The Morgan fingerprint density at radius 3 is 2.63 bits per heavy atom. The van der Waals surface area contributed by atoms with Crippen LogP contribution in [0.15, 0.2) is 30.3 Å². The summed E-state index contributed by atoms with van der Waals surface area (Å²) in [5.41, 5.74) is 1.11. The lowest BCUT2D eigenvalue weighted by atomic mass is 10.2. The van der Waals surface area contributed by atoms with Gasteiger partial charge in [0.15, 0.2) is 0 Å². The fourth-order valence-electron chi connectivity index (χ4n) is 1.91. The largest absolute Gasteiger partial charge is 0.332 e. The third kappa shape index (κ3) is 3.40. The minimum Gasteiger partial charge on any atom is -0.332 e. The van der Waals surface area contributed by atoms with Crippen LogP contribution in [0, 0.1) is 6.92 Å². The van der Waals surface area contributed by atoms with Crippen LogP contribution >= 0.6 is 0 Å². The molecule has 5 nitrogen and oxygen atoms in total. The van der Waals surface area contributed by atoms with Crippen LogP contribution in [0.1, 0.15) is 35.4 Å². The van der Waals surface area contributed by atoms with Gasteiger partial charge >= 0.3 is 0 Å². The zero-order valence-corrected chi connectivity index (χ0v) is 11.3. The van der Waals surface area contributed by atoms with Gasteiger partial charge < -0.3 is 4.90 Å². The third-order valence-corrected chi connectivity index (χ3v) is 2.79. The fraction of sp³-hybridized carbons (Fsp3) is 0.357. The van der Waals surface area contributed by atoms with Crippen LogP contribution in [-0.2, 0) is 6.54 Å². The normalized spacial score (nSPS) is 10.4. The molecule has 0 spiro atoms. The van der Waals surface area contributed by atoms with E-state index in [1.54, 1.807) is 11.8 Å². The van der Waals surface area contributed by atoms with E-state index in [0.29, 0.717) is 18.9 Å². The van der Waals surface area contributed by atoms with Gasteiger partial charge in [-0.25, -0.2) is 4.98 Å². The maximum atomic E-state index is 12.3. The quantitative estimate of drug-likeness (QED) is 0.894. The van der Waals surface area contributed by atoms with E-state index in [4.69, 9.17) is 0 Å². The molecule has 2 rings (SSSR count). The molecule has 0 aliphatic rings. The second-order valence-corrected chi connectivity index (χ2v) is 4.46. The first-order valence-corrected chi connectivity index (χ1v) is 6.43. The second kappa shape index (κ2) is 6.13. The van der Waals surface area contributed by atoms with Gasteiger partial charge in [-0.3, -0.25) is 9.89 Å². The molecule has 0 aliphatic heterocycles. The van der Waals surface area contributed by atoms with Crippen molar-refractivity contribution in [3.05, 3.63) is 47.5 Å². The summed E-state index contributed by atoms with van der Waals surface area (Å²) >= 11 is 0. The van der Waals surface area contributed by atoms with Crippen LogP contribution in [0.5, 0.6) is 0 Å². The number of nitrogens with one attached hydrogen (secondary N) is 1. The number of aromatic amines is 1. The molecule has 0 fully saturated rings. The van der Waals surface area contributed by atoms with Crippen molar-refractivity contribution >= 4 is 5.91 Å². The highest BCUT2D eigenvalue weighted by molar-refractivity contribution is 5.90. The summed E-state index contributed by atoms with van der Waals surface area (Å²) in [6.07, 6.45) is 0.905. The molecule has 0 atom stereocenters. The van der Waals surface area contributed by atoms with E-state index in [9.17, 15) is 4.79 Å². The molecule has 1 amide bonds. The number of aryl methyl sites for hydroxylation is 1. The molecule has 0 unspecified atom stereocenters. The summed E-state index contributed by atoms with van der Waals surface area (Å²) in [4.78, 5) is 18.2. The van der Waals surface area contributed by atoms with E-state index in [-0.39, 0.29) is 11.7 Å². The van der Waals surface area contributed by atoms with E-state index in [2.05, 4.69) is 22.1 Å². The van der Waals surface area contributed by atoms with Crippen molar-refractivity contribution in [3.8, 4) is 0 Å². The predicted octanol–water partition coefficient (Wildman–Crippen LogP) is 2.17. The lowest BCUT2D eigenvalue weighted by Crippen LogP contribution is -2.32. The molecule has 0 aliphatic carbocycles. The Labute approximate surface area is 112 Å². The Morgan fingerprint density at radius 1 is 1.32 bits per heavy atom. The van der Waals surface area contributed by atoms with E-state index < -0.39 is 0 Å². The molecule has 100 valence electrons. The minimum absolute atomic E-state index is 0.130. The van der Waals surface area contributed by atoms with E-state index >= 15 is 0 Å². The Kier molecular flexibility index (Phi) is 4.28. The Balaban J connectivity index is 2.13. The number of carbonyl (C=O) groups excluding carboxylic acids is 1. The number of hydrogen-bond donors (Lipinski definition) is 1. The van der Waals surface area contributed by atoms with Crippen LogP contribution in [0.25, 0.3) is 0 Å². The standard InChI is InChI=1S/C14H18N4O/c1-3-9-18(10-12-7-5-4-6-8-12)14(19)13-15-11(2)16-17-13/h4-8H,3,9-10H2,1-2H3,(H,15,16,17). The zero-order chi connectivity index (χ0) is 13.7. The Hall–Kier alpha value is -2.17. The monoisotopic (exact) mass is 258 g/mol. The number of nitrogens with zero attached hydrogens (tertiary/aromatic N) is 3. The van der Waals surface area contributed by atoms with Gasteiger partial charge in [-0.2, -0.15) is 0 Å². The number of rotatable bonds is 5. The van der Waals surface area contributed by atoms with Crippen LogP contribution in [0.3, 0.4) is 0 Å². The molecule has 1 N–H and O–H groups in total. The van der Waals surface area contributed by atoms with Crippen molar-refractivity contribution in [2.45, 2.75) is 26.8 Å². The van der Waals surface area contributed by atoms with Gasteiger partial charge in [0.25, 0.3) is 5.91 Å². The van der Waals surface area contributed by atoms with Crippen molar-refractivity contribution in [1.82, 2.24) is 20.1 Å². The van der Waals surface area contributed by atoms with Gasteiger partial charge in [0.1, 0.15) is 5.82 Å². The second-order valence-electron chi connectivity index (χ2n) is 4.46. The predicted molar refractivity (Wildman–Crippen MR) is 72.6 cm³/mol. The summed E-state index contributed by atoms with van der Waals surface area (Å²) in [5, 5.41) is 6.63. The average molecular weight is 258 g/mol. The number of benzene rings is 1. The first-order valence-electron chi connectivity index (χ1n) is 6.43. The van der Waals surface area contributed by atoms with E-state index in [0.717, 1.165) is 12.0 Å². The maximum Gasteiger partial charge on any atom is 0.293 e. The molecule has 19 heavy (non-hydrogen) atoms. The number of H-pyrrole nitrogens is 1. The van der Waals surface area contributed by atoms with E-state index in [1.807, 2.05) is 30.3 Å². The average Bonchev–Trinajstić information content (AvgIpc) is 2.85. The van der Waals surface area contributed by atoms with Gasteiger partial charge in [0.2, 0.25) is 5.82 Å². The van der Waals surface area contributed by atoms with Gasteiger partial charge in [-0.05, 0) is 18.9 Å². The maximum absolute atomic E-state index is 12.3. The molecule has 2 aromatic rings. The molecule has 5 heteroatoms. The Morgan fingerprint density at radius 2 is 2.05 bits per heavy atom. The first-order chi connectivity index (χ1) is 9.20. The molecule has 0 saturated heterocycles. The molecule has 0 radical (unpaired) electrons. The smallest absolute Gasteiger partial charge is 0.293 e. The zero-order valence-electron chi connectivity index (χ0n) is 11.3. The molecule has 1 aromatic carbocycles. The molecule has 1 heterocycles. The van der Waals surface area contributed by atoms with E-state index in [1.165, 1.54) is 0 Å².